The summed E-state index contributed by atoms with van der Waals surface area (Å²) in [4.78, 5) is 55.4. The van der Waals surface area contributed by atoms with Gasteiger partial charge in [0.05, 0.1) is 0 Å². The fourth-order valence-corrected chi connectivity index (χ4v) is 3.46. The first-order valence-corrected chi connectivity index (χ1v) is 9.79. The molecule has 0 radical (unpaired) electrons. The summed E-state index contributed by atoms with van der Waals surface area (Å²) in [5.74, 6) is -0.158. The van der Waals surface area contributed by atoms with Gasteiger partial charge >= 0.3 is 17.3 Å². The molecule has 0 saturated heterocycles. The zero-order valence-corrected chi connectivity index (χ0v) is 17.4. The van der Waals surface area contributed by atoms with Crippen molar-refractivity contribution < 1.29 is 13.9 Å². The SMILES string of the molecule is CCCCn1c(=O)[nH]c(=O)c2c1nc(COC(=O)c1c(C)cc(=O)oc1C)n2CC. The summed E-state index contributed by atoms with van der Waals surface area (Å²) in [6, 6.07) is 1.22. The van der Waals surface area contributed by atoms with Gasteiger partial charge in [-0.3, -0.25) is 14.3 Å². The van der Waals surface area contributed by atoms with E-state index in [0.717, 1.165) is 12.8 Å². The van der Waals surface area contributed by atoms with Gasteiger partial charge in [-0.1, -0.05) is 13.3 Å². The average Bonchev–Trinajstić information content (AvgIpc) is 3.04. The van der Waals surface area contributed by atoms with Gasteiger partial charge < -0.3 is 13.7 Å². The number of aromatic nitrogens is 4. The third kappa shape index (κ3) is 3.85. The summed E-state index contributed by atoms with van der Waals surface area (Å²) in [7, 11) is 0. The molecule has 0 amide bonds. The highest BCUT2D eigenvalue weighted by molar-refractivity contribution is 5.91. The number of nitrogens with one attached hydrogen (secondary N) is 1. The predicted molar refractivity (Wildman–Crippen MR) is 109 cm³/mol. The van der Waals surface area contributed by atoms with Gasteiger partial charge in [-0.2, -0.15) is 0 Å². The van der Waals surface area contributed by atoms with Crippen molar-refractivity contribution in [2.75, 3.05) is 0 Å². The molecule has 0 spiro atoms. The van der Waals surface area contributed by atoms with Crippen molar-refractivity contribution in [3.8, 4) is 0 Å². The Morgan fingerprint density at radius 2 is 1.93 bits per heavy atom. The van der Waals surface area contributed by atoms with Crippen LogP contribution in [-0.4, -0.2) is 25.1 Å². The van der Waals surface area contributed by atoms with Gasteiger partial charge in [0.15, 0.2) is 11.2 Å². The smallest absolute Gasteiger partial charge is 0.342 e. The van der Waals surface area contributed by atoms with Crippen LogP contribution < -0.4 is 16.9 Å². The highest BCUT2D eigenvalue weighted by Gasteiger charge is 2.21. The number of fused-ring (bicyclic) bond motifs is 1. The van der Waals surface area contributed by atoms with Crippen molar-refractivity contribution in [2.24, 2.45) is 0 Å². The van der Waals surface area contributed by atoms with E-state index < -0.39 is 22.8 Å². The van der Waals surface area contributed by atoms with Crippen molar-refractivity contribution >= 4 is 17.1 Å². The molecular formula is C20H24N4O6. The minimum Gasteiger partial charge on any atom is -0.454 e. The molecule has 0 aromatic carbocycles. The summed E-state index contributed by atoms with van der Waals surface area (Å²) >= 11 is 0. The molecule has 0 aliphatic rings. The lowest BCUT2D eigenvalue weighted by molar-refractivity contribution is 0.0453. The van der Waals surface area contributed by atoms with E-state index in [0.29, 0.717) is 24.5 Å². The van der Waals surface area contributed by atoms with Gasteiger partial charge in [0.2, 0.25) is 0 Å². The molecule has 0 aliphatic carbocycles. The summed E-state index contributed by atoms with van der Waals surface area (Å²) in [6.45, 7) is 7.57. The molecule has 160 valence electrons. The van der Waals surface area contributed by atoms with Gasteiger partial charge in [-0.25, -0.2) is 19.4 Å². The number of carbonyl (C=O) groups excluding carboxylic acids is 1. The lowest BCUT2D eigenvalue weighted by Crippen LogP contribution is -2.31. The van der Waals surface area contributed by atoms with E-state index in [9.17, 15) is 19.2 Å². The summed E-state index contributed by atoms with van der Waals surface area (Å²) in [6.07, 6.45) is 1.63. The largest absolute Gasteiger partial charge is 0.454 e. The molecule has 0 fully saturated rings. The highest BCUT2D eigenvalue weighted by Crippen LogP contribution is 2.16. The third-order valence-corrected chi connectivity index (χ3v) is 4.89. The minimum atomic E-state index is -0.666. The van der Waals surface area contributed by atoms with Crippen LogP contribution in [0.3, 0.4) is 0 Å². The van der Waals surface area contributed by atoms with Crippen LogP contribution in [0, 0.1) is 13.8 Å². The number of rotatable bonds is 7. The number of esters is 1. The molecule has 30 heavy (non-hydrogen) atoms. The Kier molecular flexibility index (Phi) is 6.04. The molecule has 10 heteroatoms. The molecule has 3 aromatic rings. The number of unbranched alkanes of at least 4 members (excludes halogenated alkanes) is 1. The van der Waals surface area contributed by atoms with Gasteiger partial charge in [0, 0.05) is 19.2 Å². The second kappa shape index (κ2) is 8.52. The van der Waals surface area contributed by atoms with Crippen LogP contribution >= 0.6 is 0 Å². The van der Waals surface area contributed by atoms with E-state index in [1.165, 1.54) is 17.6 Å². The summed E-state index contributed by atoms with van der Waals surface area (Å²) < 4.78 is 13.4. The van der Waals surface area contributed by atoms with E-state index in [1.807, 2.05) is 13.8 Å². The molecule has 0 bridgehead atoms. The van der Waals surface area contributed by atoms with E-state index in [1.54, 1.807) is 11.5 Å². The maximum atomic E-state index is 12.6. The minimum absolute atomic E-state index is 0.166. The molecule has 0 saturated carbocycles. The monoisotopic (exact) mass is 416 g/mol. The normalized spacial score (nSPS) is 11.2. The van der Waals surface area contributed by atoms with Crippen molar-refractivity contribution in [1.29, 1.82) is 0 Å². The highest BCUT2D eigenvalue weighted by atomic mass is 16.5. The second-order valence-electron chi connectivity index (χ2n) is 6.96. The lowest BCUT2D eigenvalue weighted by atomic mass is 10.1. The van der Waals surface area contributed by atoms with Crippen LogP contribution in [0.25, 0.3) is 11.2 Å². The zero-order valence-electron chi connectivity index (χ0n) is 17.4. The molecule has 10 nitrogen and oxygen atoms in total. The molecular weight excluding hydrogens is 392 g/mol. The van der Waals surface area contributed by atoms with Gasteiger partial charge in [0.1, 0.15) is 23.8 Å². The van der Waals surface area contributed by atoms with Crippen LogP contribution in [0.2, 0.25) is 0 Å². The number of aromatic amines is 1. The van der Waals surface area contributed by atoms with Crippen LogP contribution in [-0.2, 0) is 24.4 Å². The molecule has 3 heterocycles. The number of carbonyl (C=O) groups is 1. The van der Waals surface area contributed by atoms with Crippen LogP contribution in [0.15, 0.2) is 24.9 Å². The standard InChI is InChI=1S/C20H24N4O6/c1-5-7-8-24-17-16(18(26)22-20(24)28)23(6-2)13(21-17)10-29-19(27)15-11(3)9-14(25)30-12(15)4/h9H,5-8,10H2,1-4H3,(H,22,26,28). The number of hydrogen-bond acceptors (Lipinski definition) is 7. The Labute approximate surface area is 171 Å². The fourth-order valence-electron chi connectivity index (χ4n) is 3.46. The number of nitrogens with zero attached hydrogens (tertiary/aromatic N) is 3. The van der Waals surface area contributed by atoms with Gasteiger partial charge in [-0.05, 0) is 32.8 Å². The van der Waals surface area contributed by atoms with Crippen LogP contribution in [0.1, 0.15) is 54.2 Å². The van der Waals surface area contributed by atoms with Crippen molar-refractivity contribution in [3.05, 3.63) is 60.0 Å². The van der Waals surface area contributed by atoms with E-state index >= 15 is 0 Å². The maximum Gasteiger partial charge on any atom is 0.342 e. The van der Waals surface area contributed by atoms with Crippen molar-refractivity contribution in [3.63, 3.8) is 0 Å². The molecule has 3 rings (SSSR count). The fraction of sp³-hybridized carbons (Fsp3) is 0.450. The second-order valence-corrected chi connectivity index (χ2v) is 6.96. The average molecular weight is 416 g/mol. The number of imidazole rings is 1. The predicted octanol–water partition coefficient (Wildman–Crippen LogP) is 1.63. The number of H-pyrrole nitrogens is 1. The zero-order chi connectivity index (χ0) is 22.0. The number of aryl methyl sites for hydroxylation is 4. The topological polar surface area (TPSA) is 129 Å². The quantitative estimate of drug-likeness (QED) is 0.580. The summed E-state index contributed by atoms with van der Waals surface area (Å²) in [5.41, 5.74) is -0.449. The molecule has 1 N–H and O–H groups in total. The molecule has 0 unspecified atom stereocenters. The van der Waals surface area contributed by atoms with E-state index in [4.69, 9.17) is 9.15 Å². The van der Waals surface area contributed by atoms with Gasteiger partial charge in [-0.15, -0.1) is 0 Å². The number of hydrogen-bond donors (Lipinski definition) is 1. The number of ether oxygens (including phenoxy) is 1. The van der Waals surface area contributed by atoms with Crippen molar-refractivity contribution in [1.82, 2.24) is 19.1 Å². The summed E-state index contributed by atoms with van der Waals surface area (Å²) in [5, 5.41) is 0. The van der Waals surface area contributed by atoms with Gasteiger partial charge in [0.25, 0.3) is 5.56 Å². The van der Waals surface area contributed by atoms with E-state index in [2.05, 4.69) is 9.97 Å². The third-order valence-electron chi connectivity index (χ3n) is 4.89. The lowest BCUT2D eigenvalue weighted by Gasteiger charge is -2.09. The first kappa shape index (κ1) is 21.3. The first-order valence-electron chi connectivity index (χ1n) is 9.79. The van der Waals surface area contributed by atoms with Crippen LogP contribution in [0.5, 0.6) is 0 Å². The first-order chi connectivity index (χ1) is 14.3. The Balaban J connectivity index is 2.00. The van der Waals surface area contributed by atoms with Crippen LogP contribution in [0.4, 0.5) is 0 Å². The van der Waals surface area contributed by atoms with Crippen molar-refractivity contribution in [2.45, 2.75) is 60.2 Å². The Hall–Kier alpha value is -3.43. The Morgan fingerprint density at radius 3 is 2.57 bits per heavy atom. The Morgan fingerprint density at radius 1 is 1.20 bits per heavy atom. The molecule has 0 atom stereocenters. The molecule has 0 aliphatic heterocycles. The maximum absolute atomic E-state index is 12.6. The van der Waals surface area contributed by atoms with E-state index in [-0.39, 0.29) is 29.1 Å². The molecule has 3 aromatic heterocycles. The Bertz CT molecular complexity index is 1250.